The molecule has 0 aromatic carbocycles. The Bertz CT molecular complexity index is 465. The lowest BCUT2D eigenvalue weighted by Crippen LogP contribution is -2.51. The van der Waals surface area contributed by atoms with Crippen molar-refractivity contribution in [1.29, 1.82) is 0 Å². The van der Waals surface area contributed by atoms with Crippen LogP contribution in [-0.4, -0.2) is 43.3 Å². The molecule has 2 fully saturated rings. The Morgan fingerprint density at radius 2 is 2.15 bits per heavy atom. The van der Waals surface area contributed by atoms with Crippen molar-refractivity contribution in [2.24, 2.45) is 5.41 Å². The Kier molecular flexibility index (Phi) is 3.78. The van der Waals surface area contributed by atoms with Gasteiger partial charge in [-0.1, -0.05) is 0 Å². The fourth-order valence-electron chi connectivity index (χ4n) is 3.53. The third kappa shape index (κ3) is 2.73. The SMILES string of the molecule is COc1cc(C)nc(N2CCCC3(CCCNC3)C2)n1. The first-order valence-electron chi connectivity index (χ1n) is 7.56. The zero-order valence-electron chi connectivity index (χ0n) is 12.5. The van der Waals surface area contributed by atoms with E-state index in [9.17, 15) is 0 Å². The Morgan fingerprint density at radius 1 is 1.30 bits per heavy atom. The number of rotatable bonds is 2. The van der Waals surface area contributed by atoms with Crippen molar-refractivity contribution in [3.63, 3.8) is 0 Å². The number of ether oxygens (including phenoxy) is 1. The maximum atomic E-state index is 5.27. The smallest absolute Gasteiger partial charge is 0.228 e. The Morgan fingerprint density at radius 3 is 2.90 bits per heavy atom. The minimum absolute atomic E-state index is 0.414. The highest BCUT2D eigenvalue weighted by Crippen LogP contribution is 2.37. The second-order valence-corrected chi connectivity index (χ2v) is 6.16. The average Bonchev–Trinajstić information content (AvgIpc) is 2.47. The molecule has 1 unspecified atom stereocenters. The van der Waals surface area contributed by atoms with Gasteiger partial charge in [0.2, 0.25) is 11.8 Å². The highest BCUT2D eigenvalue weighted by atomic mass is 16.5. The molecule has 1 atom stereocenters. The first-order chi connectivity index (χ1) is 9.71. The summed E-state index contributed by atoms with van der Waals surface area (Å²) in [5, 5.41) is 3.56. The largest absolute Gasteiger partial charge is 0.481 e. The van der Waals surface area contributed by atoms with Gasteiger partial charge >= 0.3 is 0 Å². The molecule has 3 rings (SSSR count). The molecule has 0 radical (unpaired) electrons. The lowest BCUT2D eigenvalue weighted by atomic mass is 9.74. The molecule has 110 valence electrons. The van der Waals surface area contributed by atoms with Crippen LogP contribution in [0.2, 0.25) is 0 Å². The standard InChI is InChI=1S/C15H24N4O/c1-12-9-13(20-2)18-14(17-12)19-8-4-6-15(11-19)5-3-7-16-10-15/h9,16H,3-8,10-11H2,1-2H3. The normalized spacial score (nSPS) is 26.8. The molecule has 0 bridgehead atoms. The fraction of sp³-hybridized carbons (Fsp3) is 0.733. The minimum Gasteiger partial charge on any atom is -0.481 e. The van der Waals surface area contributed by atoms with Gasteiger partial charge in [0.1, 0.15) is 0 Å². The summed E-state index contributed by atoms with van der Waals surface area (Å²) in [6.45, 7) is 6.40. The molecule has 20 heavy (non-hydrogen) atoms. The molecule has 5 heteroatoms. The highest BCUT2D eigenvalue weighted by molar-refractivity contribution is 5.35. The van der Waals surface area contributed by atoms with Crippen molar-refractivity contribution in [1.82, 2.24) is 15.3 Å². The third-order valence-electron chi connectivity index (χ3n) is 4.53. The lowest BCUT2D eigenvalue weighted by molar-refractivity contribution is 0.172. The van der Waals surface area contributed by atoms with Gasteiger partial charge in [-0.05, 0) is 39.2 Å². The summed E-state index contributed by atoms with van der Waals surface area (Å²) in [6.07, 6.45) is 5.14. The van der Waals surface area contributed by atoms with E-state index >= 15 is 0 Å². The zero-order chi connectivity index (χ0) is 14.0. The van der Waals surface area contributed by atoms with Gasteiger partial charge in [0.05, 0.1) is 7.11 Å². The van der Waals surface area contributed by atoms with Crippen LogP contribution >= 0.6 is 0 Å². The van der Waals surface area contributed by atoms with Crippen molar-refractivity contribution in [3.8, 4) is 5.88 Å². The number of aromatic nitrogens is 2. The predicted octanol–water partition coefficient (Wildman–Crippen LogP) is 1.76. The number of hydrogen-bond acceptors (Lipinski definition) is 5. The number of hydrogen-bond donors (Lipinski definition) is 1. The molecular formula is C15H24N4O. The molecule has 2 saturated heterocycles. The van der Waals surface area contributed by atoms with Crippen molar-refractivity contribution in [2.45, 2.75) is 32.6 Å². The van der Waals surface area contributed by atoms with Gasteiger partial charge in [-0.3, -0.25) is 0 Å². The van der Waals surface area contributed by atoms with Gasteiger partial charge in [0.15, 0.2) is 0 Å². The average molecular weight is 276 g/mol. The van der Waals surface area contributed by atoms with E-state index in [0.717, 1.165) is 37.8 Å². The maximum Gasteiger partial charge on any atom is 0.228 e. The Labute approximate surface area is 120 Å². The van der Waals surface area contributed by atoms with Gasteiger partial charge in [0, 0.05) is 36.8 Å². The molecule has 5 nitrogen and oxygen atoms in total. The van der Waals surface area contributed by atoms with Crippen LogP contribution < -0.4 is 15.0 Å². The van der Waals surface area contributed by atoms with E-state index in [-0.39, 0.29) is 0 Å². The van der Waals surface area contributed by atoms with Crippen molar-refractivity contribution in [2.75, 3.05) is 38.2 Å². The van der Waals surface area contributed by atoms with Gasteiger partial charge in [0.25, 0.3) is 0 Å². The van der Waals surface area contributed by atoms with E-state index in [2.05, 4.69) is 20.2 Å². The molecule has 1 spiro atoms. The molecule has 0 aliphatic carbocycles. The van der Waals surface area contributed by atoms with Gasteiger partial charge in [-0.15, -0.1) is 0 Å². The third-order valence-corrected chi connectivity index (χ3v) is 4.53. The van der Waals surface area contributed by atoms with E-state index in [4.69, 9.17) is 4.74 Å². The molecule has 1 aromatic heterocycles. The van der Waals surface area contributed by atoms with Gasteiger partial charge < -0.3 is 15.0 Å². The van der Waals surface area contributed by atoms with Crippen molar-refractivity contribution in [3.05, 3.63) is 11.8 Å². The van der Waals surface area contributed by atoms with Crippen LogP contribution in [0.3, 0.4) is 0 Å². The monoisotopic (exact) mass is 276 g/mol. The van der Waals surface area contributed by atoms with Crippen LogP contribution in [0.4, 0.5) is 5.95 Å². The van der Waals surface area contributed by atoms with Gasteiger partial charge in [-0.25, -0.2) is 4.98 Å². The number of piperidine rings is 2. The van der Waals surface area contributed by atoms with E-state index in [1.165, 1.54) is 25.7 Å². The van der Waals surface area contributed by atoms with Crippen LogP contribution in [0.1, 0.15) is 31.4 Å². The van der Waals surface area contributed by atoms with E-state index < -0.39 is 0 Å². The quantitative estimate of drug-likeness (QED) is 0.892. The Hall–Kier alpha value is -1.36. The van der Waals surface area contributed by atoms with E-state index in [1.54, 1.807) is 7.11 Å². The molecular weight excluding hydrogens is 252 g/mol. The molecule has 0 saturated carbocycles. The zero-order valence-corrected chi connectivity index (χ0v) is 12.5. The van der Waals surface area contributed by atoms with Gasteiger partial charge in [-0.2, -0.15) is 4.98 Å². The van der Waals surface area contributed by atoms with Crippen molar-refractivity contribution < 1.29 is 4.74 Å². The van der Waals surface area contributed by atoms with E-state index in [1.807, 2.05) is 13.0 Å². The molecule has 2 aliphatic heterocycles. The number of anilines is 1. The van der Waals surface area contributed by atoms with Crippen LogP contribution in [0.25, 0.3) is 0 Å². The first kappa shape index (κ1) is 13.6. The number of aryl methyl sites for hydroxylation is 1. The minimum atomic E-state index is 0.414. The fourth-order valence-corrected chi connectivity index (χ4v) is 3.53. The summed E-state index contributed by atoms with van der Waals surface area (Å²) in [7, 11) is 1.66. The summed E-state index contributed by atoms with van der Waals surface area (Å²) in [5.74, 6) is 1.49. The second kappa shape index (κ2) is 5.56. The molecule has 1 aromatic rings. The summed E-state index contributed by atoms with van der Waals surface area (Å²) < 4.78 is 5.27. The summed E-state index contributed by atoms with van der Waals surface area (Å²) in [6, 6.07) is 1.88. The van der Waals surface area contributed by atoms with E-state index in [0.29, 0.717) is 11.3 Å². The molecule has 3 heterocycles. The summed E-state index contributed by atoms with van der Waals surface area (Å²) in [4.78, 5) is 11.5. The Balaban J connectivity index is 1.81. The maximum absolute atomic E-state index is 5.27. The number of nitrogens with zero attached hydrogens (tertiary/aromatic N) is 3. The highest BCUT2D eigenvalue weighted by Gasteiger charge is 2.37. The van der Waals surface area contributed by atoms with Crippen LogP contribution in [-0.2, 0) is 0 Å². The second-order valence-electron chi connectivity index (χ2n) is 6.16. The first-order valence-corrected chi connectivity index (χ1v) is 7.56. The molecule has 0 amide bonds. The number of methoxy groups -OCH3 is 1. The predicted molar refractivity (Wildman–Crippen MR) is 79.3 cm³/mol. The van der Waals surface area contributed by atoms with Crippen LogP contribution in [0.15, 0.2) is 6.07 Å². The summed E-state index contributed by atoms with van der Waals surface area (Å²) >= 11 is 0. The van der Waals surface area contributed by atoms with Crippen molar-refractivity contribution >= 4 is 5.95 Å². The van der Waals surface area contributed by atoms with Crippen LogP contribution in [0, 0.1) is 12.3 Å². The van der Waals surface area contributed by atoms with Crippen LogP contribution in [0.5, 0.6) is 5.88 Å². The topological polar surface area (TPSA) is 50.3 Å². The summed E-state index contributed by atoms with van der Waals surface area (Å²) in [5.41, 5.74) is 1.38. The molecule has 2 aliphatic rings. The number of nitrogens with one attached hydrogen (secondary N) is 1. The lowest BCUT2D eigenvalue weighted by Gasteiger charge is -2.45. The molecule has 1 N–H and O–H groups in total.